The van der Waals surface area contributed by atoms with Crippen LogP contribution >= 0.6 is 0 Å². The molecule has 0 saturated carbocycles. The van der Waals surface area contributed by atoms with Crippen LogP contribution in [0.5, 0.6) is 5.75 Å². The van der Waals surface area contributed by atoms with Gasteiger partial charge < -0.3 is 10.1 Å². The summed E-state index contributed by atoms with van der Waals surface area (Å²) in [7, 11) is 0. The van der Waals surface area contributed by atoms with Crippen LogP contribution in [0.3, 0.4) is 0 Å². The first-order valence-corrected chi connectivity index (χ1v) is 6.23. The van der Waals surface area contributed by atoms with Crippen molar-refractivity contribution in [2.75, 3.05) is 13.2 Å². The molecule has 1 atom stereocenters. The Morgan fingerprint density at radius 3 is 3.12 bits per heavy atom. The summed E-state index contributed by atoms with van der Waals surface area (Å²) in [5, 5.41) is 3.51. The van der Waals surface area contributed by atoms with Gasteiger partial charge in [0.2, 0.25) is 0 Å². The van der Waals surface area contributed by atoms with E-state index in [1.54, 1.807) is 0 Å². The summed E-state index contributed by atoms with van der Waals surface area (Å²) < 4.78 is 5.57. The molecule has 0 amide bonds. The summed E-state index contributed by atoms with van der Waals surface area (Å²) >= 11 is 0. The molecule has 1 aliphatic rings. The van der Waals surface area contributed by atoms with Crippen molar-refractivity contribution in [2.45, 2.75) is 32.7 Å². The molecule has 1 unspecified atom stereocenters. The van der Waals surface area contributed by atoms with Crippen molar-refractivity contribution in [2.24, 2.45) is 0 Å². The maximum Gasteiger partial charge on any atom is 0.149 e. The van der Waals surface area contributed by atoms with E-state index in [0.717, 1.165) is 18.7 Å². The normalized spacial score (nSPS) is 17.2. The Bertz CT molecular complexity index is 442. The predicted molar refractivity (Wildman–Crippen MR) is 70.1 cm³/mol. The van der Waals surface area contributed by atoms with Crippen molar-refractivity contribution >= 4 is 0 Å². The molecule has 0 aliphatic heterocycles. The molecule has 1 aliphatic carbocycles. The van der Waals surface area contributed by atoms with E-state index in [2.05, 4.69) is 36.2 Å². The Balaban J connectivity index is 2.07. The van der Waals surface area contributed by atoms with Crippen molar-refractivity contribution in [3.63, 3.8) is 0 Å². The summed E-state index contributed by atoms with van der Waals surface area (Å²) in [5.41, 5.74) is 2.85. The van der Waals surface area contributed by atoms with Gasteiger partial charge >= 0.3 is 0 Å². The Morgan fingerprint density at radius 2 is 2.35 bits per heavy atom. The van der Waals surface area contributed by atoms with E-state index in [4.69, 9.17) is 4.74 Å². The molecular weight excluding hydrogens is 210 g/mol. The maximum atomic E-state index is 5.57. The second-order valence-electron chi connectivity index (χ2n) is 4.23. The Hall–Kier alpha value is -1.46. The number of ether oxygens (including phenoxy) is 1. The average molecular weight is 229 g/mol. The molecule has 1 aromatic rings. The molecule has 2 heteroatoms. The van der Waals surface area contributed by atoms with E-state index in [9.17, 15) is 0 Å². The SMILES string of the molecule is CC#CCOc1ccc2c(c1)CCC2NCC. The van der Waals surface area contributed by atoms with Crippen LogP contribution in [0.25, 0.3) is 0 Å². The summed E-state index contributed by atoms with van der Waals surface area (Å²) in [6.45, 7) is 5.48. The maximum absolute atomic E-state index is 5.57. The van der Waals surface area contributed by atoms with Gasteiger partial charge in [0.15, 0.2) is 0 Å². The topological polar surface area (TPSA) is 21.3 Å². The van der Waals surface area contributed by atoms with Gasteiger partial charge in [-0.05, 0) is 49.6 Å². The van der Waals surface area contributed by atoms with E-state index in [-0.39, 0.29) is 0 Å². The molecule has 0 bridgehead atoms. The molecule has 1 aromatic carbocycles. The Morgan fingerprint density at radius 1 is 1.47 bits per heavy atom. The van der Waals surface area contributed by atoms with Crippen LogP contribution in [-0.4, -0.2) is 13.2 Å². The zero-order valence-electron chi connectivity index (χ0n) is 10.5. The molecular formula is C15H19NO. The lowest BCUT2D eigenvalue weighted by molar-refractivity contribution is 0.370. The van der Waals surface area contributed by atoms with Crippen LogP contribution in [0.4, 0.5) is 0 Å². The van der Waals surface area contributed by atoms with Crippen LogP contribution < -0.4 is 10.1 Å². The third-order valence-electron chi connectivity index (χ3n) is 3.13. The highest BCUT2D eigenvalue weighted by molar-refractivity contribution is 5.40. The number of fused-ring (bicyclic) bond motifs is 1. The van der Waals surface area contributed by atoms with E-state index < -0.39 is 0 Å². The summed E-state index contributed by atoms with van der Waals surface area (Å²) in [6, 6.07) is 6.92. The van der Waals surface area contributed by atoms with Crippen LogP contribution in [0.15, 0.2) is 18.2 Å². The zero-order chi connectivity index (χ0) is 12.1. The minimum absolute atomic E-state index is 0.478. The molecule has 0 saturated heterocycles. The summed E-state index contributed by atoms with van der Waals surface area (Å²) in [4.78, 5) is 0. The van der Waals surface area contributed by atoms with Gasteiger partial charge in [0.05, 0.1) is 0 Å². The van der Waals surface area contributed by atoms with Crippen LogP contribution in [0, 0.1) is 11.8 Å². The van der Waals surface area contributed by atoms with Gasteiger partial charge in [0, 0.05) is 6.04 Å². The van der Waals surface area contributed by atoms with Gasteiger partial charge in [-0.15, -0.1) is 5.92 Å². The second-order valence-corrected chi connectivity index (χ2v) is 4.23. The Kier molecular flexibility index (Phi) is 4.06. The standard InChI is InChI=1S/C15H19NO/c1-3-5-10-17-13-7-8-14-12(11-13)6-9-15(14)16-4-2/h7-8,11,15-16H,4,6,9-10H2,1-2H3. The van der Waals surface area contributed by atoms with Crippen molar-refractivity contribution in [1.29, 1.82) is 0 Å². The largest absolute Gasteiger partial charge is 0.481 e. The van der Waals surface area contributed by atoms with Crippen molar-refractivity contribution in [1.82, 2.24) is 5.32 Å². The quantitative estimate of drug-likeness (QED) is 0.801. The minimum Gasteiger partial charge on any atom is -0.481 e. The third kappa shape index (κ3) is 2.81. The smallest absolute Gasteiger partial charge is 0.149 e. The third-order valence-corrected chi connectivity index (χ3v) is 3.13. The number of rotatable bonds is 4. The lowest BCUT2D eigenvalue weighted by Gasteiger charge is -2.12. The van der Waals surface area contributed by atoms with Gasteiger partial charge in [-0.1, -0.05) is 18.9 Å². The van der Waals surface area contributed by atoms with E-state index in [1.807, 2.05) is 13.0 Å². The lowest BCUT2D eigenvalue weighted by Crippen LogP contribution is -2.18. The van der Waals surface area contributed by atoms with Crippen molar-refractivity contribution < 1.29 is 4.74 Å². The molecule has 1 N–H and O–H groups in total. The van der Waals surface area contributed by atoms with Crippen LogP contribution in [0.2, 0.25) is 0 Å². The summed E-state index contributed by atoms with van der Waals surface area (Å²) in [5.74, 6) is 6.67. The monoisotopic (exact) mass is 229 g/mol. The minimum atomic E-state index is 0.478. The fraction of sp³-hybridized carbons (Fsp3) is 0.467. The van der Waals surface area contributed by atoms with Gasteiger partial charge in [0.25, 0.3) is 0 Å². The summed E-state index contributed by atoms with van der Waals surface area (Å²) in [6.07, 6.45) is 2.34. The van der Waals surface area contributed by atoms with Gasteiger partial charge in [-0.2, -0.15) is 0 Å². The van der Waals surface area contributed by atoms with Crippen LogP contribution in [-0.2, 0) is 6.42 Å². The van der Waals surface area contributed by atoms with E-state index in [1.165, 1.54) is 17.5 Å². The molecule has 90 valence electrons. The number of hydrogen-bond acceptors (Lipinski definition) is 2. The lowest BCUT2D eigenvalue weighted by atomic mass is 10.1. The van der Waals surface area contributed by atoms with Gasteiger partial charge in [0.1, 0.15) is 12.4 Å². The number of aryl methyl sites for hydroxylation is 1. The van der Waals surface area contributed by atoms with Crippen LogP contribution in [0.1, 0.15) is 37.4 Å². The highest BCUT2D eigenvalue weighted by Gasteiger charge is 2.21. The molecule has 2 nitrogen and oxygen atoms in total. The molecule has 0 fully saturated rings. The first-order valence-electron chi connectivity index (χ1n) is 6.23. The Labute approximate surface area is 103 Å². The van der Waals surface area contributed by atoms with Crippen molar-refractivity contribution in [3.8, 4) is 17.6 Å². The second kappa shape index (κ2) is 5.75. The number of hydrogen-bond donors (Lipinski definition) is 1. The van der Waals surface area contributed by atoms with E-state index in [0.29, 0.717) is 12.6 Å². The zero-order valence-corrected chi connectivity index (χ0v) is 10.5. The highest BCUT2D eigenvalue weighted by atomic mass is 16.5. The fourth-order valence-corrected chi connectivity index (χ4v) is 2.33. The molecule has 0 heterocycles. The molecule has 2 rings (SSSR count). The predicted octanol–water partition coefficient (Wildman–Crippen LogP) is 2.69. The first-order chi connectivity index (χ1) is 8.35. The highest BCUT2D eigenvalue weighted by Crippen LogP contribution is 2.33. The molecule has 0 aromatic heterocycles. The fourth-order valence-electron chi connectivity index (χ4n) is 2.33. The average Bonchev–Trinajstić information content (AvgIpc) is 2.73. The van der Waals surface area contributed by atoms with E-state index >= 15 is 0 Å². The number of nitrogens with one attached hydrogen (secondary N) is 1. The molecule has 0 radical (unpaired) electrons. The molecule has 0 spiro atoms. The molecule has 17 heavy (non-hydrogen) atoms. The van der Waals surface area contributed by atoms with Gasteiger partial charge in [-0.25, -0.2) is 0 Å². The van der Waals surface area contributed by atoms with Crippen molar-refractivity contribution in [3.05, 3.63) is 29.3 Å². The first kappa shape index (κ1) is 12.0. The van der Waals surface area contributed by atoms with Gasteiger partial charge in [-0.3, -0.25) is 0 Å². The number of benzene rings is 1.